The minimum Gasteiger partial charge on any atom is -0.684 e. The van der Waals surface area contributed by atoms with E-state index in [1.807, 2.05) is 116 Å². The average Bonchev–Trinajstić information content (AvgIpc) is 3.19. The molecule has 1 radical (unpaired) electrons. The summed E-state index contributed by atoms with van der Waals surface area (Å²) >= 11 is 0. The number of rotatable bonds is 12. The Bertz CT molecular complexity index is 1980. The second kappa shape index (κ2) is 23.7. The van der Waals surface area contributed by atoms with Crippen LogP contribution in [-0.4, -0.2) is 24.2 Å². The molecule has 0 aliphatic heterocycles. The maximum atomic E-state index is 12.8. The zero-order valence-electron chi connectivity index (χ0n) is 33.4. The van der Waals surface area contributed by atoms with Gasteiger partial charge in [-0.05, 0) is 48.9 Å². The van der Waals surface area contributed by atoms with Crippen LogP contribution in [-0.2, 0) is 37.5 Å². The molecular weight excluding hydrogens is 770 g/mol. The normalized spacial score (nSPS) is 10.3. The molecule has 6 heteroatoms. The first-order valence-electron chi connectivity index (χ1n) is 18.9. The largest absolute Gasteiger partial charge is 3.00 e. The van der Waals surface area contributed by atoms with Gasteiger partial charge in [0.25, 0.3) is 0 Å². The molecule has 5 nitrogen and oxygen atoms in total. The summed E-state index contributed by atoms with van der Waals surface area (Å²) in [6.07, 6.45) is 0.745. The summed E-state index contributed by atoms with van der Waals surface area (Å²) in [5.41, 5.74) is 9.07. The summed E-state index contributed by atoms with van der Waals surface area (Å²) in [7, 11) is 0. The van der Waals surface area contributed by atoms with Crippen LogP contribution in [0.25, 0.3) is 16.4 Å². The van der Waals surface area contributed by atoms with E-state index in [1.165, 1.54) is 11.1 Å². The van der Waals surface area contributed by atoms with E-state index in [1.54, 1.807) is 18.2 Å². The van der Waals surface area contributed by atoms with Gasteiger partial charge >= 0.3 is 32.2 Å². The van der Waals surface area contributed by atoms with E-state index in [9.17, 15) is 9.90 Å². The Morgan fingerprint density at radius 3 is 1.73 bits per heavy atom. The van der Waals surface area contributed by atoms with Crippen LogP contribution in [0.3, 0.4) is 0 Å². The predicted molar refractivity (Wildman–Crippen MR) is 228 cm³/mol. The van der Waals surface area contributed by atoms with Gasteiger partial charge in [0, 0.05) is 11.1 Å². The minimum atomic E-state index is -0.576. The van der Waals surface area contributed by atoms with Crippen molar-refractivity contribution in [3.8, 4) is 22.6 Å². The number of hydrogen-bond acceptors (Lipinski definition) is 4. The number of hydrogen-bond donors (Lipinski definition) is 1. The van der Waals surface area contributed by atoms with Crippen molar-refractivity contribution in [3.63, 3.8) is 0 Å². The number of esters is 1. The van der Waals surface area contributed by atoms with E-state index >= 15 is 0 Å². The van der Waals surface area contributed by atoms with Crippen molar-refractivity contribution in [1.82, 2.24) is 0 Å². The van der Waals surface area contributed by atoms with Gasteiger partial charge in [-0.1, -0.05) is 123 Å². The van der Waals surface area contributed by atoms with Crippen molar-refractivity contribution in [3.05, 3.63) is 204 Å². The summed E-state index contributed by atoms with van der Waals surface area (Å²) in [4.78, 5) is 12.8. The molecule has 56 heavy (non-hydrogen) atoms. The Morgan fingerprint density at radius 1 is 0.679 bits per heavy atom. The van der Waals surface area contributed by atoms with Crippen molar-refractivity contribution in [2.75, 3.05) is 13.2 Å². The van der Waals surface area contributed by atoms with E-state index in [2.05, 4.69) is 59.7 Å². The van der Waals surface area contributed by atoms with Crippen LogP contribution in [0.4, 0.5) is 5.69 Å². The van der Waals surface area contributed by atoms with Gasteiger partial charge in [-0.15, -0.1) is 36.5 Å². The topological polar surface area (TPSA) is 69.9 Å². The van der Waals surface area contributed by atoms with Gasteiger partial charge in [0.2, 0.25) is 0 Å². The first-order valence-corrected chi connectivity index (χ1v) is 18.9. The fraction of sp³-hybridized carbons (Fsp3) is 0.220. The number of phenols is 1. The molecule has 6 rings (SSSR count). The Morgan fingerprint density at radius 2 is 1.21 bits per heavy atom. The van der Waals surface area contributed by atoms with Crippen LogP contribution in [0.5, 0.6) is 11.5 Å². The van der Waals surface area contributed by atoms with Crippen molar-refractivity contribution in [1.29, 1.82) is 0 Å². The second-order valence-corrected chi connectivity index (χ2v) is 13.9. The molecule has 6 aromatic rings. The van der Waals surface area contributed by atoms with Crippen molar-refractivity contribution >= 4 is 11.7 Å². The van der Waals surface area contributed by atoms with E-state index in [0.29, 0.717) is 36.3 Å². The summed E-state index contributed by atoms with van der Waals surface area (Å²) in [5, 5.41) is 16.1. The van der Waals surface area contributed by atoms with Gasteiger partial charge in [-0.3, -0.25) is 0 Å². The molecule has 0 bridgehead atoms. The number of nitrogens with zero attached hydrogens (tertiary/aromatic N) is 1. The number of para-hydroxylation sites is 2. The Kier molecular flexibility index (Phi) is 19.1. The summed E-state index contributed by atoms with van der Waals surface area (Å²) in [6.45, 7) is 19.5. The molecule has 0 aromatic heterocycles. The maximum Gasteiger partial charge on any atom is 3.00 e. The minimum absolute atomic E-state index is 0. The first kappa shape index (κ1) is 45.2. The molecule has 0 spiro atoms. The quantitative estimate of drug-likeness (QED) is 0.0758. The zero-order valence-corrected chi connectivity index (χ0v) is 35.8. The summed E-state index contributed by atoms with van der Waals surface area (Å²) in [6, 6.07) is 46.6. The monoisotopic (exact) mass is 822 g/mol. The van der Waals surface area contributed by atoms with Gasteiger partial charge in [0.1, 0.15) is 23.7 Å². The molecule has 0 aliphatic rings. The molecule has 0 unspecified atom stereocenters. The van der Waals surface area contributed by atoms with Crippen molar-refractivity contribution < 1.29 is 45.6 Å². The molecule has 0 aliphatic carbocycles. The van der Waals surface area contributed by atoms with Crippen LogP contribution in [0.2, 0.25) is 0 Å². The molecule has 0 heterocycles. The number of ether oxygens (including phenoxy) is 2. The molecule has 0 amide bonds. The number of carbonyl (C=O) groups excluding carboxylic acids is 1. The molecule has 287 valence electrons. The molecule has 0 atom stereocenters. The third kappa shape index (κ3) is 14.1. The SMILES string of the molecule is Cc1ccc(OCCC[N-]c2c(C(C)C)cccc2C(C)C)c(-c2cccc(C(=O)OCc3ccccc3)c2O)c1.[CH2-]c1ccccc1.[CH2-]c1ccccc1.[Zr+3]. The summed E-state index contributed by atoms with van der Waals surface area (Å²) in [5.74, 6) is 0.747. The average molecular weight is 824 g/mol. The summed E-state index contributed by atoms with van der Waals surface area (Å²) < 4.78 is 11.7. The third-order valence-corrected chi connectivity index (χ3v) is 8.75. The van der Waals surface area contributed by atoms with Gasteiger partial charge in [-0.25, -0.2) is 4.79 Å². The van der Waals surface area contributed by atoms with E-state index in [-0.39, 0.29) is 44.1 Å². The number of carbonyl (C=O) groups is 1. The van der Waals surface area contributed by atoms with Crippen LogP contribution >= 0.6 is 0 Å². The number of aryl methyl sites for hydroxylation is 1. The van der Waals surface area contributed by atoms with E-state index in [4.69, 9.17) is 14.8 Å². The Balaban J connectivity index is 0.000000467. The first-order chi connectivity index (χ1) is 26.5. The van der Waals surface area contributed by atoms with Gasteiger partial charge in [0.05, 0.1) is 6.61 Å². The van der Waals surface area contributed by atoms with Crippen molar-refractivity contribution in [2.24, 2.45) is 0 Å². The maximum absolute atomic E-state index is 12.8. The van der Waals surface area contributed by atoms with Crippen LogP contribution in [0, 0.1) is 20.8 Å². The third-order valence-electron chi connectivity index (χ3n) is 8.75. The molecule has 0 fully saturated rings. The van der Waals surface area contributed by atoms with E-state index in [0.717, 1.165) is 39.9 Å². The zero-order chi connectivity index (χ0) is 39.6. The molecule has 6 aromatic carbocycles. The number of aromatic hydroxyl groups is 1. The molecule has 0 saturated carbocycles. The smallest absolute Gasteiger partial charge is 0.684 e. The van der Waals surface area contributed by atoms with Gasteiger partial charge < -0.3 is 19.9 Å². The standard InChI is InChI=1S/C36H40NO4.2C7H7.Zr/c1-24(2)28-14-9-15-29(25(3)4)34(28)37-20-11-21-40-33-19-18-26(5)22-32(33)30-16-10-17-31(35(30)38)36(39)41-23-27-12-7-6-8-13-27;2*1-7-5-3-2-4-6-7;/h6-10,12-19,22,24-25H,11,20-21,23H2,1-5H3,(H,38,39);2*2-6H,1H2;/q3*-1;+3. The van der Waals surface area contributed by atoms with Crippen LogP contribution < -0.4 is 4.74 Å². The molecule has 1 N–H and O–H groups in total. The fourth-order valence-electron chi connectivity index (χ4n) is 5.79. The fourth-order valence-corrected chi connectivity index (χ4v) is 5.79. The van der Waals surface area contributed by atoms with Gasteiger partial charge in [0.15, 0.2) is 0 Å². The Labute approximate surface area is 354 Å². The van der Waals surface area contributed by atoms with Crippen LogP contribution in [0.1, 0.15) is 89.7 Å². The molecular formula is C50H54NO4Zr. The van der Waals surface area contributed by atoms with Gasteiger partial charge in [-0.2, -0.15) is 49.2 Å². The van der Waals surface area contributed by atoms with Crippen molar-refractivity contribution in [2.45, 2.75) is 59.5 Å². The predicted octanol–water partition coefficient (Wildman–Crippen LogP) is 13.2. The second-order valence-electron chi connectivity index (χ2n) is 13.9. The Hall–Kier alpha value is -5.19. The number of phenolic OH excluding ortho intramolecular Hbond substituents is 1. The van der Waals surface area contributed by atoms with Crippen LogP contribution in [0.15, 0.2) is 146 Å². The number of benzene rings is 6. The van der Waals surface area contributed by atoms with E-state index < -0.39 is 5.97 Å². The molecule has 0 saturated heterocycles.